The molecule has 2 aromatic rings. The van der Waals surface area contributed by atoms with Gasteiger partial charge in [0.05, 0.1) is 15.8 Å². The molecule has 0 aliphatic carbocycles. The highest BCUT2D eigenvalue weighted by Crippen LogP contribution is 2.44. The van der Waals surface area contributed by atoms with Crippen molar-refractivity contribution < 1.29 is 0 Å². The van der Waals surface area contributed by atoms with Crippen molar-refractivity contribution in [1.29, 1.82) is 0 Å². The molecule has 1 aromatic heterocycles. The average molecular weight is 289 g/mol. The first-order valence-electron chi connectivity index (χ1n) is 6.14. The van der Waals surface area contributed by atoms with Crippen molar-refractivity contribution in [2.24, 2.45) is 16.5 Å². The summed E-state index contributed by atoms with van der Waals surface area (Å²) in [5, 5.41) is 2.35. The van der Waals surface area contributed by atoms with E-state index in [1.54, 1.807) is 11.3 Å². The molecule has 1 unspecified atom stereocenters. The summed E-state index contributed by atoms with van der Waals surface area (Å²) in [4.78, 5) is 5.66. The highest BCUT2D eigenvalue weighted by molar-refractivity contribution is 7.99. The van der Waals surface area contributed by atoms with Crippen LogP contribution in [0.25, 0.3) is 0 Å². The molecule has 98 valence electrons. The Bertz CT molecular complexity index is 619. The van der Waals surface area contributed by atoms with Crippen LogP contribution in [0.1, 0.15) is 21.3 Å². The van der Waals surface area contributed by atoms with Crippen molar-refractivity contribution in [3.8, 4) is 0 Å². The Labute approximate surface area is 120 Å². The topological polar surface area (TPSA) is 64.4 Å². The van der Waals surface area contributed by atoms with Crippen molar-refractivity contribution in [3.63, 3.8) is 0 Å². The number of nitrogens with two attached hydrogens (primary N) is 2. The van der Waals surface area contributed by atoms with Crippen LogP contribution in [0.15, 0.2) is 40.7 Å². The summed E-state index contributed by atoms with van der Waals surface area (Å²) in [6, 6.07) is 10.4. The summed E-state index contributed by atoms with van der Waals surface area (Å²) in [6.45, 7) is 0.680. The van der Waals surface area contributed by atoms with Crippen molar-refractivity contribution in [1.82, 2.24) is 0 Å². The van der Waals surface area contributed by atoms with Crippen LogP contribution in [0, 0.1) is 0 Å². The van der Waals surface area contributed by atoms with Gasteiger partial charge >= 0.3 is 0 Å². The van der Waals surface area contributed by atoms with Gasteiger partial charge in [0.15, 0.2) is 0 Å². The van der Waals surface area contributed by atoms with Crippen molar-refractivity contribution >= 4 is 34.6 Å². The first-order chi connectivity index (χ1) is 9.31. The average Bonchev–Trinajstić information content (AvgIpc) is 2.86. The van der Waals surface area contributed by atoms with Crippen molar-refractivity contribution in [2.75, 3.05) is 12.3 Å². The van der Waals surface area contributed by atoms with E-state index in [9.17, 15) is 0 Å². The molecule has 0 amide bonds. The molecule has 0 saturated heterocycles. The predicted molar refractivity (Wildman–Crippen MR) is 84.5 cm³/mol. The monoisotopic (exact) mass is 289 g/mol. The molecule has 0 bridgehead atoms. The summed E-state index contributed by atoms with van der Waals surface area (Å²) in [5.41, 5.74) is 15.2. The van der Waals surface area contributed by atoms with E-state index in [4.69, 9.17) is 11.5 Å². The van der Waals surface area contributed by atoms with E-state index in [-0.39, 0.29) is 5.25 Å². The predicted octanol–water partition coefficient (Wildman–Crippen LogP) is 2.88. The quantitative estimate of drug-likeness (QED) is 0.913. The fourth-order valence-corrected chi connectivity index (χ4v) is 4.30. The lowest BCUT2D eigenvalue weighted by Gasteiger charge is -2.16. The van der Waals surface area contributed by atoms with Gasteiger partial charge in [0, 0.05) is 12.3 Å². The molecule has 0 radical (unpaired) electrons. The maximum absolute atomic E-state index is 6.12. The molecule has 1 aromatic carbocycles. The third-order valence-corrected chi connectivity index (χ3v) is 5.34. The van der Waals surface area contributed by atoms with E-state index in [0.717, 1.165) is 16.3 Å². The van der Waals surface area contributed by atoms with Crippen LogP contribution in [-0.2, 0) is 0 Å². The third-order valence-electron chi connectivity index (χ3n) is 3.07. The summed E-state index contributed by atoms with van der Waals surface area (Å²) < 4.78 is 0. The zero-order valence-electron chi connectivity index (χ0n) is 10.4. The first-order valence-corrected chi connectivity index (χ1v) is 8.06. The van der Waals surface area contributed by atoms with Crippen molar-refractivity contribution in [3.05, 3.63) is 51.7 Å². The summed E-state index contributed by atoms with van der Waals surface area (Å²) in [5.74, 6) is 1.54. The van der Waals surface area contributed by atoms with Gasteiger partial charge in [0.2, 0.25) is 0 Å². The minimum atomic E-state index is 0.269. The largest absolute Gasteiger partial charge is 0.382 e. The fourth-order valence-electron chi connectivity index (χ4n) is 2.26. The Hall–Kier alpha value is -1.30. The van der Waals surface area contributed by atoms with Gasteiger partial charge in [0.25, 0.3) is 0 Å². The number of nitrogens with zero attached hydrogens (tertiary/aromatic N) is 1. The minimum Gasteiger partial charge on any atom is -0.382 e. The number of rotatable bonds is 3. The van der Waals surface area contributed by atoms with Gasteiger partial charge < -0.3 is 11.5 Å². The lowest BCUT2D eigenvalue weighted by atomic mass is 10.0. The minimum absolute atomic E-state index is 0.269. The Morgan fingerprint density at radius 1 is 1.21 bits per heavy atom. The number of hydrogen-bond donors (Lipinski definition) is 2. The molecule has 1 atom stereocenters. The Morgan fingerprint density at radius 3 is 2.89 bits per heavy atom. The molecule has 3 rings (SSSR count). The van der Waals surface area contributed by atoms with Gasteiger partial charge in [0.1, 0.15) is 5.84 Å². The maximum atomic E-state index is 6.12. The van der Waals surface area contributed by atoms with Crippen LogP contribution in [0.5, 0.6) is 0 Å². The number of aliphatic imine (C=N–C) groups is 1. The highest BCUT2D eigenvalue weighted by atomic mass is 32.2. The fraction of sp³-hybridized carbons (Fsp3) is 0.214. The summed E-state index contributed by atoms with van der Waals surface area (Å²) in [7, 11) is 0. The van der Waals surface area contributed by atoms with E-state index in [1.165, 1.54) is 11.1 Å². The molecule has 1 aliphatic heterocycles. The van der Waals surface area contributed by atoms with Crippen LogP contribution in [0.3, 0.4) is 0 Å². The van der Waals surface area contributed by atoms with Gasteiger partial charge in [-0.25, -0.2) is 4.99 Å². The molecule has 19 heavy (non-hydrogen) atoms. The SMILES string of the molecule is NCCSC1c2ccccc2N=C(N)c2sccc21. The van der Waals surface area contributed by atoms with Gasteiger partial charge in [-0.15, -0.1) is 23.1 Å². The number of para-hydroxylation sites is 1. The van der Waals surface area contributed by atoms with Crippen LogP contribution in [0.4, 0.5) is 5.69 Å². The Balaban J connectivity index is 2.15. The normalized spacial score (nSPS) is 17.3. The number of benzene rings is 1. The maximum Gasteiger partial charge on any atom is 0.141 e. The number of thioether (sulfide) groups is 1. The molecule has 3 nitrogen and oxygen atoms in total. The van der Waals surface area contributed by atoms with Gasteiger partial charge in [-0.1, -0.05) is 18.2 Å². The first kappa shape index (κ1) is 12.7. The van der Waals surface area contributed by atoms with E-state index in [1.807, 2.05) is 23.9 Å². The second-order valence-corrected chi connectivity index (χ2v) is 6.43. The molecule has 2 heterocycles. The van der Waals surface area contributed by atoms with Crippen LogP contribution >= 0.6 is 23.1 Å². The second-order valence-electron chi connectivity index (χ2n) is 4.30. The molecule has 0 spiro atoms. The van der Waals surface area contributed by atoms with Gasteiger partial charge in [-0.3, -0.25) is 0 Å². The Morgan fingerprint density at radius 2 is 2.05 bits per heavy atom. The highest BCUT2D eigenvalue weighted by Gasteiger charge is 2.25. The lowest BCUT2D eigenvalue weighted by Crippen LogP contribution is -2.12. The molecule has 0 saturated carbocycles. The number of hydrogen-bond acceptors (Lipinski definition) is 5. The van der Waals surface area contributed by atoms with Crippen molar-refractivity contribution in [2.45, 2.75) is 5.25 Å². The van der Waals surface area contributed by atoms with E-state index in [0.29, 0.717) is 12.4 Å². The Kier molecular flexibility index (Phi) is 3.59. The standard InChI is InChI=1S/C14H15N3S2/c15-6-8-19-12-9-3-1-2-4-11(9)17-14(16)13-10(12)5-7-18-13/h1-5,7,12H,6,8,15H2,(H2,16,17). The van der Waals surface area contributed by atoms with Crippen LogP contribution in [-0.4, -0.2) is 18.1 Å². The van der Waals surface area contributed by atoms with E-state index >= 15 is 0 Å². The van der Waals surface area contributed by atoms with Crippen LogP contribution in [0.2, 0.25) is 0 Å². The van der Waals surface area contributed by atoms with E-state index in [2.05, 4.69) is 28.6 Å². The smallest absolute Gasteiger partial charge is 0.141 e. The molecule has 0 fully saturated rings. The number of amidine groups is 1. The van der Waals surface area contributed by atoms with Crippen LogP contribution < -0.4 is 11.5 Å². The molecular formula is C14H15N3S2. The molecule has 1 aliphatic rings. The third kappa shape index (κ3) is 2.29. The van der Waals surface area contributed by atoms with Gasteiger partial charge in [-0.2, -0.15) is 0 Å². The number of thiophene rings is 1. The zero-order chi connectivity index (χ0) is 13.2. The molecular weight excluding hydrogens is 274 g/mol. The van der Waals surface area contributed by atoms with Gasteiger partial charge in [-0.05, 0) is 28.6 Å². The lowest BCUT2D eigenvalue weighted by molar-refractivity contribution is 1.12. The molecule has 5 heteroatoms. The molecule has 4 N–H and O–H groups in total. The number of fused-ring (bicyclic) bond motifs is 2. The van der Waals surface area contributed by atoms with E-state index < -0.39 is 0 Å². The summed E-state index contributed by atoms with van der Waals surface area (Å²) in [6.07, 6.45) is 0. The zero-order valence-corrected chi connectivity index (χ0v) is 12.0. The summed E-state index contributed by atoms with van der Waals surface area (Å²) >= 11 is 3.51. The second kappa shape index (κ2) is 5.36.